The molecule has 2 aliphatic heterocycles. The van der Waals surface area contributed by atoms with Gasteiger partial charge in [0.15, 0.2) is 0 Å². The summed E-state index contributed by atoms with van der Waals surface area (Å²) in [5, 5.41) is 5.68. The van der Waals surface area contributed by atoms with Crippen molar-refractivity contribution in [1.82, 2.24) is 15.6 Å². The number of rotatable bonds is 4. The largest absolute Gasteiger partial charge is 0.357 e. The fraction of sp³-hybridized carbons (Fsp3) is 0.588. The number of pyridine rings is 1. The number of carbonyl (C=O) groups is 2. The van der Waals surface area contributed by atoms with Crippen molar-refractivity contribution < 1.29 is 9.59 Å². The highest BCUT2D eigenvalue weighted by atomic mass is 16.2. The van der Waals surface area contributed by atoms with E-state index >= 15 is 0 Å². The molecule has 6 nitrogen and oxygen atoms in total. The van der Waals surface area contributed by atoms with Gasteiger partial charge in [0, 0.05) is 38.8 Å². The number of carbonyl (C=O) groups excluding carboxylic acids is 2. The molecule has 1 unspecified atom stereocenters. The van der Waals surface area contributed by atoms with Crippen LogP contribution in [-0.4, -0.2) is 36.4 Å². The fourth-order valence-electron chi connectivity index (χ4n) is 3.12. The summed E-state index contributed by atoms with van der Waals surface area (Å²) in [5.41, 5.74) is 0.999. The number of aromatic nitrogens is 1. The van der Waals surface area contributed by atoms with E-state index in [0.29, 0.717) is 25.9 Å². The first-order chi connectivity index (χ1) is 11.2. The summed E-state index contributed by atoms with van der Waals surface area (Å²) in [6.07, 6.45) is 6.68. The molecular weight excluding hydrogens is 292 g/mol. The third-order valence-corrected chi connectivity index (χ3v) is 4.59. The Kier molecular flexibility index (Phi) is 5.10. The number of hydrogen-bond donors (Lipinski definition) is 2. The molecule has 2 N–H and O–H groups in total. The molecule has 1 atom stereocenters. The predicted octanol–water partition coefficient (Wildman–Crippen LogP) is 1.21. The molecule has 0 radical (unpaired) electrons. The first kappa shape index (κ1) is 15.8. The van der Waals surface area contributed by atoms with Gasteiger partial charge < -0.3 is 15.5 Å². The maximum Gasteiger partial charge on any atom is 0.225 e. The van der Waals surface area contributed by atoms with Crippen LogP contribution in [0.2, 0.25) is 0 Å². The first-order valence-electron chi connectivity index (χ1n) is 8.46. The second kappa shape index (κ2) is 7.44. The quantitative estimate of drug-likeness (QED) is 0.876. The normalized spacial score (nSPS) is 21.7. The van der Waals surface area contributed by atoms with Crippen LogP contribution in [-0.2, 0) is 16.1 Å². The minimum Gasteiger partial charge on any atom is -0.357 e. The van der Waals surface area contributed by atoms with E-state index < -0.39 is 0 Å². The Morgan fingerprint density at radius 1 is 1.30 bits per heavy atom. The Bertz CT molecular complexity index is 542. The van der Waals surface area contributed by atoms with E-state index in [1.165, 1.54) is 19.3 Å². The van der Waals surface area contributed by atoms with E-state index in [2.05, 4.69) is 20.5 Å². The lowest BCUT2D eigenvalue weighted by Gasteiger charge is -2.27. The number of anilines is 1. The predicted molar refractivity (Wildman–Crippen MR) is 87.9 cm³/mol. The molecule has 2 amide bonds. The van der Waals surface area contributed by atoms with Gasteiger partial charge in [-0.3, -0.25) is 9.59 Å². The summed E-state index contributed by atoms with van der Waals surface area (Å²) in [6, 6.07) is 4.06. The molecule has 2 aliphatic rings. The Hall–Kier alpha value is -2.11. The average molecular weight is 316 g/mol. The van der Waals surface area contributed by atoms with Crippen LogP contribution in [0, 0.1) is 5.92 Å². The third kappa shape index (κ3) is 4.21. The van der Waals surface area contributed by atoms with Gasteiger partial charge in [-0.2, -0.15) is 0 Å². The highest BCUT2D eigenvalue weighted by Gasteiger charge is 2.24. The van der Waals surface area contributed by atoms with E-state index in [4.69, 9.17) is 0 Å². The summed E-state index contributed by atoms with van der Waals surface area (Å²) < 4.78 is 0. The summed E-state index contributed by atoms with van der Waals surface area (Å²) >= 11 is 0. The van der Waals surface area contributed by atoms with E-state index in [1.54, 1.807) is 0 Å². The van der Waals surface area contributed by atoms with Crippen molar-refractivity contribution in [2.45, 2.75) is 38.6 Å². The van der Waals surface area contributed by atoms with Crippen LogP contribution in [0.5, 0.6) is 0 Å². The van der Waals surface area contributed by atoms with Crippen molar-refractivity contribution in [3.8, 4) is 0 Å². The minimum absolute atomic E-state index is 0.00473. The Labute approximate surface area is 136 Å². The van der Waals surface area contributed by atoms with Crippen molar-refractivity contribution in [2.75, 3.05) is 24.5 Å². The van der Waals surface area contributed by atoms with Crippen LogP contribution < -0.4 is 15.5 Å². The van der Waals surface area contributed by atoms with Crippen molar-refractivity contribution in [3.63, 3.8) is 0 Å². The molecule has 0 aromatic carbocycles. The zero-order valence-electron chi connectivity index (χ0n) is 13.4. The molecular formula is C17H24N4O2. The molecule has 23 heavy (non-hydrogen) atoms. The maximum atomic E-state index is 12.1. The van der Waals surface area contributed by atoms with Gasteiger partial charge in [-0.25, -0.2) is 4.98 Å². The number of nitrogens with zero attached hydrogens (tertiary/aromatic N) is 2. The number of amides is 2. The highest BCUT2D eigenvalue weighted by molar-refractivity contribution is 5.83. The SMILES string of the molecule is O=C1CCC(C(=O)NCc2ccc(N3CCCCC3)nc2)CN1. The van der Waals surface area contributed by atoms with Crippen molar-refractivity contribution in [1.29, 1.82) is 0 Å². The zero-order valence-corrected chi connectivity index (χ0v) is 13.4. The van der Waals surface area contributed by atoms with E-state index in [1.807, 2.05) is 18.3 Å². The molecule has 6 heteroatoms. The number of piperidine rings is 2. The van der Waals surface area contributed by atoms with E-state index in [-0.39, 0.29) is 17.7 Å². The molecule has 2 fully saturated rings. The van der Waals surface area contributed by atoms with Gasteiger partial charge in [-0.05, 0) is 37.3 Å². The van der Waals surface area contributed by atoms with Gasteiger partial charge in [0.05, 0.1) is 5.92 Å². The number of nitrogens with one attached hydrogen (secondary N) is 2. The Morgan fingerprint density at radius 3 is 2.78 bits per heavy atom. The van der Waals surface area contributed by atoms with Gasteiger partial charge in [0.25, 0.3) is 0 Å². The van der Waals surface area contributed by atoms with E-state index in [0.717, 1.165) is 24.5 Å². The summed E-state index contributed by atoms with van der Waals surface area (Å²) in [7, 11) is 0. The van der Waals surface area contributed by atoms with Crippen LogP contribution in [0.4, 0.5) is 5.82 Å². The second-order valence-electron chi connectivity index (χ2n) is 6.33. The summed E-state index contributed by atoms with van der Waals surface area (Å²) in [5.74, 6) is 0.944. The molecule has 0 aliphatic carbocycles. The molecule has 0 saturated carbocycles. The smallest absolute Gasteiger partial charge is 0.225 e. The molecule has 2 saturated heterocycles. The summed E-state index contributed by atoms with van der Waals surface area (Å²) in [4.78, 5) is 30.1. The Morgan fingerprint density at radius 2 is 2.13 bits per heavy atom. The van der Waals surface area contributed by atoms with Crippen LogP contribution in [0.3, 0.4) is 0 Å². The molecule has 124 valence electrons. The maximum absolute atomic E-state index is 12.1. The average Bonchev–Trinajstić information content (AvgIpc) is 2.61. The molecule has 1 aromatic rings. The second-order valence-corrected chi connectivity index (χ2v) is 6.33. The standard InChI is InChI=1S/C17H24N4O2/c22-16-7-5-14(12-19-16)17(23)20-11-13-4-6-15(18-10-13)21-8-2-1-3-9-21/h4,6,10,14H,1-3,5,7-9,11-12H2,(H,19,22)(H,20,23). The first-order valence-corrected chi connectivity index (χ1v) is 8.46. The minimum atomic E-state index is -0.117. The molecule has 0 bridgehead atoms. The van der Waals surface area contributed by atoms with E-state index in [9.17, 15) is 9.59 Å². The number of hydrogen-bond acceptors (Lipinski definition) is 4. The van der Waals surface area contributed by atoms with Gasteiger partial charge in [-0.15, -0.1) is 0 Å². The lowest BCUT2D eigenvalue weighted by molar-refractivity contribution is -0.129. The van der Waals surface area contributed by atoms with Crippen molar-refractivity contribution >= 4 is 17.6 Å². The van der Waals surface area contributed by atoms with Gasteiger partial charge >= 0.3 is 0 Å². The fourth-order valence-corrected chi connectivity index (χ4v) is 3.12. The molecule has 0 spiro atoms. The van der Waals surface area contributed by atoms with Gasteiger partial charge in [0.2, 0.25) is 11.8 Å². The Balaban J connectivity index is 1.48. The summed E-state index contributed by atoms with van der Waals surface area (Å²) in [6.45, 7) is 3.08. The lowest BCUT2D eigenvalue weighted by atomic mass is 9.98. The molecule has 1 aromatic heterocycles. The van der Waals surface area contributed by atoms with Crippen LogP contribution in [0.1, 0.15) is 37.7 Å². The highest BCUT2D eigenvalue weighted by Crippen LogP contribution is 2.17. The van der Waals surface area contributed by atoms with Gasteiger partial charge in [0.1, 0.15) is 5.82 Å². The van der Waals surface area contributed by atoms with Gasteiger partial charge in [-0.1, -0.05) is 6.07 Å². The molecule has 3 rings (SSSR count). The van der Waals surface area contributed by atoms with Crippen molar-refractivity contribution in [2.24, 2.45) is 5.92 Å². The molecule has 3 heterocycles. The van der Waals surface area contributed by atoms with Crippen LogP contribution in [0.25, 0.3) is 0 Å². The third-order valence-electron chi connectivity index (χ3n) is 4.59. The van der Waals surface area contributed by atoms with Crippen LogP contribution in [0.15, 0.2) is 18.3 Å². The van der Waals surface area contributed by atoms with Crippen LogP contribution >= 0.6 is 0 Å². The monoisotopic (exact) mass is 316 g/mol. The zero-order chi connectivity index (χ0) is 16.1. The lowest BCUT2D eigenvalue weighted by Crippen LogP contribution is -2.42. The topological polar surface area (TPSA) is 74.3 Å². The van der Waals surface area contributed by atoms with Crippen molar-refractivity contribution in [3.05, 3.63) is 23.9 Å².